The molecule has 0 aliphatic carbocycles. The minimum Gasteiger partial charge on any atom is -0.326 e. The predicted molar refractivity (Wildman–Crippen MR) is 113 cm³/mol. The molecule has 29 heavy (non-hydrogen) atoms. The number of likely N-dealkylation sites (tertiary alicyclic amines) is 1. The third kappa shape index (κ3) is 4.46. The molecule has 3 N–H and O–H groups in total. The van der Waals surface area contributed by atoms with Crippen LogP contribution in [0.4, 0.5) is 16.0 Å². The van der Waals surface area contributed by atoms with Gasteiger partial charge in [0.05, 0.1) is 6.20 Å². The van der Waals surface area contributed by atoms with Gasteiger partial charge in [-0.3, -0.25) is 4.90 Å². The molecule has 0 unspecified atom stereocenters. The highest BCUT2D eigenvalue weighted by molar-refractivity contribution is 5.56. The van der Waals surface area contributed by atoms with E-state index in [9.17, 15) is 4.39 Å². The third-order valence-corrected chi connectivity index (χ3v) is 5.28. The number of rotatable bonds is 5. The highest BCUT2D eigenvalue weighted by Crippen LogP contribution is 2.22. The molecule has 0 amide bonds. The fourth-order valence-corrected chi connectivity index (χ4v) is 3.91. The largest absolute Gasteiger partial charge is 0.326 e. The zero-order valence-electron chi connectivity index (χ0n) is 17.1. The molecule has 4 rings (SSSR count). The summed E-state index contributed by atoms with van der Waals surface area (Å²) in [7, 11) is 0. The van der Waals surface area contributed by atoms with E-state index < -0.39 is 5.82 Å². The summed E-state index contributed by atoms with van der Waals surface area (Å²) in [5.41, 5.74) is 11.4. The maximum Gasteiger partial charge on any atom is 0.229 e. The number of anilines is 2. The first kappa shape index (κ1) is 19.5. The summed E-state index contributed by atoms with van der Waals surface area (Å²) < 4.78 is 16.3. The molecular weight excluding hydrogens is 367 g/mol. The van der Waals surface area contributed by atoms with Gasteiger partial charge in [-0.15, -0.1) is 0 Å². The van der Waals surface area contributed by atoms with Crippen LogP contribution in [-0.4, -0.2) is 38.6 Å². The van der Waals surface area contributed by atoms with Gasteiger partial charge in [0.2, 0.25) is 5.95 Å². The van der Waals surface area contributed by atoms with Gasteiger partial charge in [-0.2, -0.15) is 4.98 Å². The summed E-state index contributed by atoms with van der Waals surface area (Å²) in [5, 5.41) is 3.18. The second-order valence-corrected chi connectivity index (χ2v) is 8.02. The van der Waals surface area contributed by atoms with E-state index in [4.69, 9.17) is 5.73 Å². The van der Waals surface area contributed by atoms with Gasteiger partial charge >= 0.3 is 0 Å². The van der Waals surface area contributed by atoms with Gasteiger partial charge in [0, 0.05) is 43.8 Å². The lowest BCUT2D eigenvalue weighted by Gasteiger charge is -2.14. The number of nitrogens with two attached hydrogens (primary N) is 1. The Bertz CT molecular complexity index is 1010. The molecule has 2 aromatic heterocycles. The molecular formula is C22H27FN6. The van der Waals surface area contributed by atoms with Crippen molar-refractivity contribution in [3.05, 3.63) is 64.9 Å². The van der Waals surface area contributed by atoms with Crippen molar-refractivity contribution in [3.63, 3.8) is 0 Å². The van der Waals surface area contributed by atoms with Crippen LogP contribution in [0.5, 0.6) is 0 Å². The zero-order valence-corrected chi connectivity index (χ0v) is 17.1. The normalized spacial score (nSPS) is 17.1. The Morgan fingerprint density at radius 3 is 2.62 bits per heavy atom. The topological polar surface area (TPSA) is 72.0 Å². The minimum atomic E-state index is -0.458. The lowest BCUT2D eigenvalue weighted by atomic mass is 10.1. The summed E-state index contributed by atoms with van der Waals surface area (Å²) in [6.45, 7) is 8.82. The number of aryl methyl sites for hydroxylation is 3. The van der Waals surface area contributed by atoms with Crippen molar-refractivity contribution in [3.8, 4) is 5.82 Å². The average molecular weight is 394 g/mol. The van der Waals surface area contributed by atoms with Crippen molar-refractivity contribution in [2.24, 2.45) is 5.73 Å². The van der Waals surface area contributed by atoms with Crippen molar-refractivity contribution in [1.29, 1.82) is 0 Å². The summed E-state index contributed by atoms with van der Waals surface area (Å²) in [4.78, 5) is 10.9. The molecule has 0 spiro atoms. The van der Waals surface area contributed by atoms with Crippen LogP contribution in [0.1, 0.15) is 28.7 Å². The van der Waals surface area contributed by atoms with Crippen LogP contribution in [0.2, 0.25) is 0 Å². The van der Waals surface area contributed by atoms with E-state index in [0.717, 1.165) is 54.0 Å². The number of nitrogens with one attached hydrogen (secondary N) is 1. The molecule has 0 saturated carbocycles. The van der Waals surface area contributed by atoms with Crippen molar-refractivity contribution < 1.29 is 4.39 Å². The number of hydrogen-bond donors (Lipinski definition) is 2. The van der Waals surface area contributed by atoms with E-state index >= 15 is 0 Å². The van der Waals surface area contributed by atoms with E-state index in [0.29, 0.717) is 5.95 Å². The highest BCUT2D eigenvalue weighted by atomic mass is 19.1. The van der Waals surface area contributed by atoms with E-state index in [1.165, 1.54) is 6.20 Å². The Morgan fingerprint density at radius 1 is 1.17 bits per heavy atom. The van der Waals surface area contributed by atoms with E-state index in [1.807, 2.05) is 45.3 Å². The van der Waals surface area contributed by atoms with Gasteiger partial charge < -0.3 is 15.6 Å². The zero-order chi connectivity index (χ0) is 20.5. The second kappa shape index (κ2) is 7.93. The van der Waals surface area contributed by atoms with Gasteiger partial charge in [-0.05, 0) is 61.6 Å². The molecule has 1 saturated heterocycles. The number of benzene rings is 1. The predicted octanol–water partition coefficient (Wildman–Crippen LogP) is 3.61. The van der Waals surface area contributed by atoms with Crippen LogP contribution >= 0.6 is 0 Å². The number of nitrogens with zero attached hydrogens (tertiary/aromatic N) is 4. The van der Waals surface area contributed by atoms with E-state index in [-0.39, 0.29) is 11.9 Å². The monoisotopic (exact) mass is 394 g/mol. The van der Waals surface area contributed by atoms with E-state index in [1.54, 1.807) is 4.57 Å². The number of halogens is 1. The molecule has 1 aliphatic heterocycles. The van der Waals surface area contributed by atoms with Gasteiger partial charge in [-0.25, -0.2) is 9.37 Å². The summed E-state index contributed by atoms with van der Waals surface area (Å²) in [6.07, 6.45) is 6.10. The fourth-order valence-electron chi connectivity index (χ4n) is 3.91. The summed E-state index contributed by atoms with van der Waals surface area (Å²) in [6, 6.07) is 6.37. The van der Waals surface area contributed by atoms with Crippen LogP contribution in [0, 0.1) is 26.6 Å². The lowest BCUT2D eigenvalue weighted by Crippen LogP contribution is -2.26. The van der Waals surface area contributed by atoms with Gasteiger partial charge in [0.25, 0.3) is 0 Å². The number of hydrogen-bond acceptors (Lipinski definition) is 5. The third-order valence-electron chi connectivity index (χ3n) is 5.28. The maximum atomic E-state index is 14.5. The molecule has 3 heterocycles. The summed E-state index contributed by atoms with van der Waals surface area (Å²) in [5.74, 6) is 0.143. The number of aromatic nitrogens is 3. The molecule has 3 aromatic rings. The molecule has 1 atom stereocenters. The van der Waals surface area contributed by atoms with Crippen LogP contribution in [0.15, 0.2) is 36.8 Å². The van der Waals surface area contributed by atoms with Crippen LogP contribution in [0.3, 0.4) is 0 Å². The van der Waals surface area contributed by atoms with Gasteiger partial charge in [0.1, 0.15) is 0 Å². The van der Waals surface area contributed by atoms with Crippen LogP contribution in [0.25, 0.3) is 5.82 Å². The van der Waals surface area contributed by atoms with Crippen molar-refractivity contribution in [1.82, 2.24) is 19.4 Å². The molecule has 152 valence electrons. The minimum absolute atomic E-state index is 0.236. The first-order valence-corrected chi connectivity index (χ1v) is 9.91. The smallest absolute Gasteiger partial charge is 0.229 e. The van der Waals surface area contributed by atoms with Gasteiger partial charge in [-0.1, -0.05) is 6.07 Å². The SMILES string of the molecule is Cc1cc(C)cc(Nc2ncc(F)c(-n3cc(C)c(CN4CC[C@@H](N)C4)c3)n2)c1. The quantitative estimate of drug-likeness (QED) is 0.692. The Morgan fingerprint density at radius 2 is 1.93 bits per heavy atom. The first-order chi connectivity index (χ1) is 13.9. The molecule has 1 aliphatic rings. The molecule has 0 bridgehead atoms. The van der Waals surface area contributed by atoms with Crippen LogP contribution < -0.4 is 11.1 Å². The second-order valence-electron chi connectivity index (χ2n) is 8.02. The fraction of sp³-hybridized carbons (Fsp3) is 0.364. The van der Waals surface area contributed by atoms with Gasteiger partial charge in [0.15, 0.2) is 11.6 Å². The van der Waals surface area contributed by atoms with Crippen molar-refractivity contribution in [2.75, 3.05) is 18.4 Å². The Kier molecular flexibility index (Phi) is 5.34. The average Bonchev–Trinajstić information content (AvgIpc) is 3.22. The molecule has 6 nitrogen and oxygen atoms in total. The van der Waals surface area contributed by atoms with Crippen LogP contribution in [-0.2, 0) is 6.54 Å². The van der Waals surface area contributed by atoms with Crippen molar-refractivity contribution in [2.45, 2.75) is 39.8 Å². The molecule has 1 fully saturated rings. The Balaban J connectivity index is 1.58. The maximum absolute atomic E-state index is 14.5. The Hall–Kier alpha value is -2.77. The molecule has 1 aromatic carbocycles. The lowest BCUT2D eigenvalue weighted by molar-refractivity contribution is 0.326. The highest BCUT2D eigenvalue weighted by Gasteiger charge is 2.20. The van der Waals surface area contributed by atoms with E-state index in [2.05, 4.69) is 26.3 Å². The standard InChI is InChI=1S/C22H27FN6/c1-14-6-15(2)8-19(7-14)26-22-25-9-20(23)21(27-22)29-10-16(3)17(12-29)11-28-5-4-18(24)13-28/h6-10,12,18H,4-5,11,13,24H2,1-3H3,(H,25,26,27)/t18-/m1/s1. The van der Waals surface area contributed by atoms with Crippen molar-refractivity contribution >= 4 is 11.6 Å². The summed E-state index contributed by atoms with van der Waals surface area (Å²) >= 11 is 0. The Labute approximate surface area is 170 Å². The molecule has 0 radical (unpaired) electrons. The molecule has 7 heteroatoms. The first-order valence-electron chi connectivity index (χ1n) is 9.91.